The van der Waals surface area contributed by atoms with Crippen LogP contribution in [0.15, 0.2) is 36.0 Å². The molecule has 1 aliphatic carbocycles. The van der Waals surface area contributed by atoms with Crippen LogP contribution in [-0.2, 0) is 19.1 Å². The van der Waals surface area contributed by atoms with Crippen molar-refractivity contribution in [3.63, 3.8) is 0 Å². The van der Waals surface area contributed by atoms with Gasteiger partial charge in [0, 0.05) is 13.0 Å². The van der Waals surface area contributed by atoms with Crippen LogP contribution in [0.2, 0.25) is 0 Å². The quantitative estimate of drug-likeness (QED) is 0.581. The average Bonchev–Trinajstić information content (AvgIpc) is 2.65. The Morgan fingerprint density at radius 3 is 2.46 bits per heavy atom. The van der Waals surface area contributed by atoms with Crippen molar-refractivity contribution in [1.82, 2.24) is 10.6 Å². The maximum atomic E-state index is 12.5. The molecule has 0 aromatic heterocycles. The molecule has 1 aromatic rings. The third-order valence-corrected chi connectivity index (χ3v) is 5.33. The number of rotatable bonds is 6. The number of amides is 2. The summed E-state index contributed by atoms with van der Waals surface area (Å²) in [5.41, 5.74) is 0.739. The first-order valence-corrected chi connectivity index (χ1v) is 9.83. The third kappa shape index (κ3) is 6.22. The molecule has 2 amide bonds. The summed E-state index contributed by atoms with van der Waals surface area (Å²) in [5, 5.41) is 5.49. The number of carbonyl (C=O) groups is 3. The minimum Gasteiger partial charge on any atom is -0.448 e. The molecule has 152 valence electrons. The molecule has 1 saturated carbocycles. The number of esters is 1. The molecule has 28 heavy (non-hydrogen) atoms. The summed E-state index contributed by atoms with van der Waals surface area (Å²) in [4.78, 5) is 36.5. The van der Waals surface area contributed by atoms with Crippen molar-refractivity contribution < 1.29 is 19.1 Å². The Labute approximate surface area is 166 Å². The van der Waals surface area contributed by atoms with Crippen LogP contribution in [0.3, 0.4) is 0 Å². The molecule has 0 radical (unpaired) electrons. The van der Waals surface area contributed by atoms with Gasteiger partial charge in [0.05, 0.1) is 0 Å². The number of nitrogens with one attached hydrogen (secondary N) is 2. The van der Waals surface area contributed by atoms with Crippen LogP contribution in [-0.4, -0.2) is 29.9 Å². The zero-order valence-electron chi connectivity index (χ0n) is 17.0. The van der Waals surface area contributed by atoms with Crippen molar-refractivity contribution in [2.45, 2.75) is 59.1 Å². The molecule has 2 N–H and O–H groups in total. The van der Waals surface area contributed by atoms with Crippen molar-refractivity contribution >= 4 is 23.9 Å². The zero-order valence-corrected chi connectivity index (χ0v) is 17.0. The van der Waals surface area contributed by atoms with Gasteiger partial charge in [-0.15, -0.1) is 0 Å². The van der Waals surface area contributed by atoms with Crippen LogP contribution < -0.4 is 10.6 Å². The summed E-state index contributed by atoms with van der Waals surface area (Å²) in [6, 6.07) is 9.20. The predicted octanol–water partition coefficient (Wildman–Crippen LogP) is 3.04. The van der Waals surface area contributed by atoms with Crippen LogP contribution in [0.5, 0.6) is 0 Å². The van der Waals surface area contributed by atoms with Gasteiger partial charge in [-0.1, -0.05) is 57.0 Å². The van der Waals surface area contributed by atoms with E-state index >= 15 is 0 Å². The van der Waals surface area contributed by atoms with Gasteiger partial charge < -0.3 is 15.4 Å². The molecule has 1 aliphatic rings. The van der Waals surface area contributed by atoms with E-state index in [-0.39, 0.29) is 23.6 Å². The number of hydrogen-bond donors (Lipinski definition) is 2. The molecule has 0 spiro atoms. The summed E-state index contributed by atoms with van der Waals surface area (Å²) >= 11 is 0. The number of carbonyl (C=O) groups excluding carboxylic acids is 3. The molecular weight excluding hydrogens is 356 g/mol. The lowest BCUT2D eigenvalue weighted by Gasteiger charge is -2.35. The fourth-order valence-electron chi connectivity index (χ4n) is 3.41. The van der Waals surface area contributed by atoms with E-state index in [4.69, 9.17) is 4.74 Å². The topological polar surface area (TPSA) is 84.5 Å². The van der Waals surface area contributed by atoms with Gasteiger partial charge in [-0.3, -0.25) is 9.59 Å². The van der Waals surface area contributed by atoms with Gasteiger partial charge in [0.15, 0.2) is 6.10 Å². The Kier molecular flexibility index (Phi) is 7.79. The van der Waals surface area contributed by atoms with E-state index < -0.39 is 12.1 Å². The lowest BCUT2D eigenvalue weighted by molar-refractivity contribution is -0.152. The largest absolute Gasteiger partial charge is 0.448 e. The van der Waals surface area contributed by atoms with Gasteiger partial charge in [-0.05, 0) is 36.8 Å². The molecule has 2 rings (SSSR count). The minimum atomic E-state index is -0.954. The molecule has 1 fully saturated rings. The second kappa shape index (κ2) is 10.1. The van der Waals surface area contributed by atoms with Gasteiger partial charge in [0.2, 0.25) is 5.91 Å². The third-order valence-electron chi connectivity index (χ3n) is 5.33. The van der Waals surface area contributed by atoms with Crippen LogP contribution in [0.25, 0.3) is 6.08 Å². The summed E-state index contributed by atoms with van der Waals surface area (Å²) in [7, 11) is 0. The van der Waals surface area contributed by atoms with Crippen LogP contribution in [0, 0.1) is 11.8 Å². The lowest BCUT2D eigenvalue weighted by atomic mass is 9.78. The van der Waals surface area contributed by atoms with Crippen molar-refractivity contribution in [1.29, 1.82) is 0 Å². The van der Waals surface area contributed by atoms with E-state index in [0.29, 0.717) is 11.8 Å². The Balaban J connectivity index is 2.02. The maximum absolute atomic E-state index is 12.5. The highest BCUT2D eigenvalue weighted by molar-refractivity contribution is 5.98. The van der Waals surface area contributed by atoms with Gasteiger partial charge >= 0.3 is 5.97 Å². The molecule has 0 aliphatic heterocycles. The monoisotopic (exact) mass is 386 g/mol. The lowest BCUT2D eigenvalue weighted by Crippen LogP contribution is -2.48. The Hall–Kier alpha value is -2.63. The van der Waals surface area contributed by atoms with E-state index in [1.165, 1.54) is 26.3 Å². The summed E-state index contributed by atoms with van der Waals surface area (Å²) in [6.07, 6.45) is 3.76. The fourth-order valence-corrected chi connectivity index (χ4v) is 3.41. The first-order chi connectivity index (χ1) is 13.3. The van der Waals surface area contributed by atoms with Crippen molar-refractivity contribution in [2.24, 2.45) is 11.8 Å². The number of ether oxygens (including phenoxy) is 1. The Morgan fingerprint density at radius 2 is 1.82 bits per heavy atom. The van der Waals surface area contributed by atoms with Crippen LogP contribution >= 0.6 is 0 Å². The van der Waals surface area contributed by atoms with Gasteiger partial charge in [-0.2, -0.15) is 0 Å². The Morgan fingerprint density at radius 1 is 1.14 bits per heavy atom. The molecule has 0 bridgehead atoms. The predicted molar refractivity (Wildman–Crippen MR) is 108 cm³/mol. The summed E-state index contributed by atoms with van der Waals surface area (Å²) in [6.45, 7) is 7.19. The van der Waals surface area contributed by atoms with E-state index in [1.54, 1.807) is 12.1 Å². The second-order valence-electron chi connectivity index (χ2n) is 7.58. The second-order valence-corrected chi connectivity index (χ2v) is 7.58. The highest BCUT2D eigenvalue weighted by Crippen LogP contribution is 2.29. The standard InChI is InChI=1S/C22H30N2O4/c1-14-9-8-12-19(15(14)2)24-21(26)16(3)28-22(27)20(23-17(4)25)13-18-10-6-5-7-11-18/h5-7,10-11,13-16,19H,8-9,12H2,1-4H3,(H,23,25)(H,24,26)/b20-13-/t14-,15-,16-,19+/m1/s1. The van der Waals surface area contributed by atoms with E-state index in [2.05, 4.69) is 24.5 Å². The smallest absolute Gasteiger partial charge is 0.355 e. The summed E-state index contributed by atoms with van der Waals surface area (Å²) in [5.74, 6) is -0.514. The van der Waals surface area contributed by atoms with Crippen molar-refractivity contribution in [3.05, 3.63) is 41.6 Å². The highest BCUT2D eigenvalue weighted by Gasteiger charge is 2.30. The number of hydrogen-bond acceptors (Lipinski definition) is 4. The van der Waals surface area contributed by atoms with E-state index in [0.717, 1.165) is 18.4 Å². The Bertz CT molecular complexity index is 729. The molecule has 4 atom stereocenters. The first-order valence-electron chi connectivity index (χ1n) is 9.83. The minimum absolute atomic E-state index is 0.00185. The van der Waals surface area contributed by atoms with Crippen molar-refractivity contribution in [2.75, 3.05) is 0 Å². The van der Waals surface area contributed by atoms with Crippen LogP contribution in [0.1, 0.15) is 52.5 Å². The molecular formula is C22H30N2O4. The molecule has 0 saturated heterocycles. The van der Waals surface area contributed by atoms with Crippen molar-refractivity contribution in [3.8, 4) is 0 Å². The average molecular weight is 386 g/mol. The van der Waals surface area contributed by atoms with E-state index in [9.17, 15) is 14.4 Å². The van der Waals surface area contributed by atoms with Gasteiger partial charge in [0.1, 0.15) is 5.70 Å². The van der Waals surface area contributed by atoms with Crippen LogP contribution in [0.4, 0.5) is 0 Å². The fraction of sp³-hybridized carbons (Fsp3) is 0.500. The number of benzene rings is 1. The zero-order chi connectivity index (χ0) is 20.7. The highest BCUT2D eigenvalue weighted by atomic mass is 16.5. The first kappa shape index (κ1) is 21.7. The molecule has 1 aromatic carbocycles. The molecule has 0 unspecified atom stereocenters. The van der Waals surface area contributed by atoms with E-state index in [1.807, 2.05) is 18.2 Å². The van der Waals surface area contributed by atoms with Gasteiger partial charge in [-0.25, -0.2) is 4.79 Å². The maximum Gasteiger partial charge on any atom is 0.355 e. The molecule has 0 heterocycles. The molecule has 6 nitrogen and oxygen atoms in total. The normalized spacial score (nSPS) is 23.4. The van der Waals surface area contributed by atoms with Gasteiger partial charge in [0.25, 0.3) is 5.91 Å². The summed E-state index contributed by atoms with van der Waals surface area (Å²) < 4.78 is 5.32. The SMILES string of the molecule is CC(=O)N/C(=C\c1ccccc1)C(=O)O[C@H](C)C(=O)N[C@H]1CCC[C@@H](C)[C@H]1C. The molecule has 6 heteroatoms.